The summed E-state index contributed by atoms with van der Waals surface area (Å²) in [5.74, 6) is 0.141. The normalized spacial score (nSPS) is 10.9. The van der Waals surface area contributed by atoms with E-state index in [2.05, 4.69) is 10.6 Å². The first-order chi connectivity index (χ1) is 16.8. The fraction of sp³-hybridized carbons (Fsp3) is 0.231. The molecule has 0 aromatic heterocycles. The number of rotatable bonds is 10. The molecule has 0 aliphatic rings. The van der Waals surface area contributed by atoms with E-state index in [4.69, 9.17) is 9.47 Å². The van der Waals surface area contributed by atoms with Gasteiger partial charge in [0.2, 0.25) is 0 Å². The average molecular weight is 497 g/mol. The summed E-state index contributed by atoms with van der Waals surface area (Å²) in [4.78, 5) is 24.4. The standard InChI is InChI=1S/C26H28N2O6S/c1-35(31,32)18-17-33-25(29)28-19-21-11-5-6-12-22(21)23-13-7-8-14-24(23)34-26(30)27-16-15-20-9-3-2-4-10-20/h2-14H,15-19H2,1H3,(H,27,30)(H,28,29). The van der Waals surface area contributed by atoms with Crippen LogP contribution in [0.5, 0.6) is 5.75 Å². The minimum atomic E-state index is -3.22. The Morgan fingerprint density at radius 1 is 0.800 bits per heavy atom. The van der Waals surface area contributed by atoms with Gasteiger partial charge < -0.3 is 20.1 Å². The second-order valence-corrected chi connectivity index (χ2v) is 10.1. The highest BCUT2D eigenvalue weighted by atomic mass is 32.2. The summed E-state index contributed by atoms with van der Waals surface area (Å²) in [6, 6.07) is 24.3. The highest BCUT2D eigenvalue weighted by Gasteiger charge is 2.14. The molecule has 0 unspecified atom stereocenters. The van der Waals surface area contributed by atoms with E-state index in [-0.39, 0.29) is 18.9 Å². The molecule has 3 rings (SSSR count). The number of hydrogen-bond donors (Lipinski definition) is 2. The van der Waals surface area contributed by atoms with Gasteiger partial charge in [-0.25, -0.2) is 18.0 Å². The molecular weight excluding hydrogens is 468 g/mol. The van der Waals surface area contributed by atoms with Gasteiger partial charge in [-0.05, 0) is 29.2 Å². The van der Waals surface area contributed by atoms with Crippen molar-refractivity contribution in [1.29, 1.82) is 0 Å². The van der Waals surface area contributed by atoms with E-state index >= 15 is 0 Å². The predicted molar refractivity (Wildman–Crippen MR) is 134 cm³/mol. The van der Waals surface area contributed by atoms with Crippen LogP contribution in [-0.4, -0.2) is 45.8 Å². The molecule has 2 N–H and O–H groups in total. The number of hydrogen-bond acceptors (Lipinski definition) is 6. The molecule has 0 aliphatic heterocycles. The van der Waals surface area contributed by atoms with Crippen molar-refractivity contribution < 1.29 is 27.5 Å². The van der Waals surface area contributed by atoms with Crippen LogP contribution < -0.4 is 15.4 Å². The van der Waals surface area contributed by atoms with Gasteiger partial charge in [-0.2, -0.15) is 0 Å². The number of carbonyl (C=O) groups is 2. The Balaban J connectivity index is 1.62. The lowest BCUT2D eigenvalue weighted by atomic mass is 9.99. The Morgan fingerprint density at radius 3 is 2.20 bits per heavy atom. The minimum absolute atomic E-state index is 0.144. The molecule has 0 bridgehead atoms. The average Bonchev–Trinajstić information content (AvgIpc) is 2.83. The van der Waals surface area contributed by atoms with Crippen molar-refractivity contribution in [3.05, 3.63) is 90.0 Å². The Bertz CT molecular complexity index is 1250. The van der Waals surface area contributed by atoms with E-state index in [0.29, 0.717) is 24.3 Å². The summed E-state index contributed by atoms with van der Waals surface area (Å²) < 4.78 is 32.9. The summed E-state index contributed by atoms with van der Waals surface area (Å²) in [5, 5.41) is 5.39. The van der Waals surface area contributed by atoms with Gasteiger partial charge in [0.1, 0.15) is 12.4 Å². The van der Waals surface area contributed by atoms with Gasteiger partial charge in [0.15, 0.2) is 9.84 Å². The smallest absolute Gasteiger partial charge is 0.412 e. The van der Waals surface area contributed by atoms with Crippen LogP contribution in [0.25, 0.3) is 11.1 Å². The summed E-state index contributed by atoms with van der Waals surface area (Å²) in [5.41, 5.74) is 3.35. The van der Waals surface area contributed by atoms with Crippen molar-refractivity contribution in [2.45, 2.75) is 13.0 Å². The molecule has 0 atom stereocenters. The monoisotopic (exact) mass is 496 g/mol. The third kappa shape index (κ3) is 8.78. The predicted octanol–water partition coefficient (Wildman–Crippen LogP) is 3.96. The van der Waals surface area contributed by atoms with E-state index in [1.807, 2.05) is 66.7 Å². The number of sulfone groups is 1. The lowest BCUT2D eigenvalue weighted by molar-refractivity contribution is 0.152. The third-order valence-corrected chi connectivity index (χ3v) is 5.94. The Labute approximate surface area is 205 Å². The summed E-state index contributed by atoms with van der Waals surface area (Å²) in [6.45, 7) is 0.362. The Morgan fingerprint density at radius 2 is 1.46 bits per heavy atom. The third-order valence-electron chi connectivity index (χ3n) is 5.03. The number of carbonyl (C=O) groups excluding carboxylic acids is 2. The zero-order chi connectivity index (χ0) is 25.1. The highest BCUT2D eigenvalue weighted by Crippen LogP contribution is 2.32. The van der Waals surface area contributed by atoms with E-state index in [1.54, 1.807) is 12.1 Å². The fourth-order valence-corrected chi connectivity index (χ4v) is 3.70. The topological polar surface area (TPSA) is 111 Å². The van der Waals surface area contributed by atoms with E-state index in [1.165, 1.54) is 0 Å². The summed E-state index contributed by atoms with van der Waals surface area (Å²) >= 11 is 0. The van der Waals surface area contributed by atoms with Crippen molar-refractivity contribution in [2.75, 3.05) is 25.2 Å². The van der Waals surface area contributed by atoms with Crippen LogP contribution in [0.15, 0.2) is 78.9 Å². The zero-order valence-corrected chi connectivity index (χ0v) is 20.2. The lowest BCUT2D eigenvalue weighted by Crippen LogP contribution is -2.29. The lowest BCUT2D eigenvalue weighted by Gasteiger charge is -2.15. The van der Waals surface area contributed by atoms with Gasteiger partial charge in [0, 0.05) is 24.9 Å². The quantitative estimate of drug-likeness (QED) is 0.440. The maximum atomic E-state index is 12.4. The molecule has 0 fully saturated rings. The Kier molecular flexibility index (Phi) is 9.25. The van der Waals surface area contributed by atoms with Gasteiger partial charge in [0.05, 0.1) is 5.75 Å². The van der Waals surface area contributed by atoms with Gasteiger partial charge in [-0.1, -0.05) is 72.8 Å². The number of amides is 2. The molecule has 0 aliphatic carbocycles. The van der Waals surface area contributed by atoms with Crippen LogP contribution >= 0.6 is 0 Å². The van der Waals surface area contributed by atoms with E-state index in [0.717, 1.165) is 22.9 Å². The molecule has 0 heterocycles. The fourth-order valence-electron chi connectivity index (χ4n) is 3.31. The van der Waals surface area contributed by atoms with Gasteiger partial charge in [-0.15, -0.1) is 0 Å². The molecule has 8 nitrogen and oxygen atoms in total. The molecule has 35 heavy (non-hydrogen) atoms. The van der Waals surface area contributed by atoms with Crippen LogP contribution in [0.2, 0.25) is 0 Å². The largest absolute Gasteiger partial charge is 0.448 e. The molecule has 9 heteroatoms. The molecule has 2 amide bonds. The van der Waals surface area contributed by atoms with Crippen molar-refractivity contribution in [1.82, 2.24) is 10.6 Å². The van der Waals surface area contributed by atoms with Gasteiger partial charge >= 0.3 is 12.2 Å². The van der Waals surface area contributed by atoms with Crippen LogP contribution in [0.1, 0.15) is 11.1 Å². The molecule has 184 valence electrons. The van der Waals surface area contributed by atoms with Crippen LogP contribution in [0.3, 0.4) is 0 Å². The van der Waals surface area contributed by atoms with E-state index < -0.39 is 22.0 Å². The molecular formula is C26H28N2O6S. The zero-order valence-electron chi connectivity index (χ0n) is 19.4. The van der Waals surface area contributed by atoms with Crippen molar-refractivity contribution >= 4 is 22.0 Å². The molecule has 0 saturated carbocycles. The van der Waals surface area contributed by atoms with Gasteiger partial charge in [0.25, 0.3) is 0 Å². The second-order valence-electron chi connectivity index (χ2n) is 7.82. The number of ether oxygens (including phenoxy) is 2. The van der Waals surface area contributed by atoms with Crippen molar-refractivity contribution in [3.63, 3.8) is 0 Å². The molecule has 0 saturated heterocycles. The first kappa shape index (κ1) is 25.8. The first-order valence-corrected chi connectivity index (χ1v) is 13.1. The highest BCUT2D eigenvalue weighted by molar-refractivity contribution is 7.90. The number of alkyl carbamates (subject to hydrolysis) is 1. The maximum Gasteiger partial charge on any atom is 0.412 e. The maximum absolute atomic E-state index is 12.4. The number of benzene rings is 3. The molecule has 3 aromatic carbocycles. The van der Waals surface area contributed by atoms with Crippen LogP contribution in [-0.2, 0) is 27.5 Å². The minimum Gasteiger partial charge on any atom is -0.448 e. The second kappa shape index (κ2) is 12.6. The number of nitrogens with one attached hydrogen (secondary N) is 2. The molecule has 0 spiro atoms. The number of para-hydroxylation sites is 1. The van der Waals surface area contributed by atoms with Crippen molar-refractivity contribution in [2.24, 2.45) is 0 Å². The SMILES string of the molecule is CS(=O)(=O)CCOC(=O)NCc1ccccc1-c1ccccc1OC(=O)NCCc1ccccc1. The van der Waals surface area contributed by atoms with Crippen LogP contribution in [0, 0.1) is 0 Å². The summed E-state index contributed by atoms with van der Waals surface area (Å²) in [6.07, 6.45) is 0.490. The van der Waals surface area contributed by atoms with Gasteiger partial charge in [-0.3, -0.25) is 0 Å². The molecule has 3 aromatic rings. The van der Waals surface area contributed by atoms with E-state index in [9.17, 15) is 18.0 Å². The Hall–Kier alpha value is -3.85. The molecule has 0 radical (unpaired) electrons. The summed E-state index contributed by atoms with van der Waals surface area (Å²) in [7, 11) is -3.22. The first-order valence-electron chi connectivity index (χ1n) is 11.1. The van der Waals surface area contributed by atoms with Crippen molar-refractivity contribution in [3.8, 4) is 16.9 Å². The van der Waals surface area contributed by atoms with Crippen LogP contribution in [0.4, 0.5) is 9.59 Å².